The molecule has 1 N–H and O–H groups in total. The first-order chi connectivity index (χ1) is 8.63. The van der Waals surface area contributed by atoms with Crippen LogP contribution in [0.5, 0.6) is 5.75 Å². The van der Waals surface area contributed by atoms with E-state index in [0.29, 0.717) is 6.42 Å². The van der Waals surface area contributed by atoms with Crippen molar-refractivity contribution in [3.63, 3.8) is 0 Å². The van der Waals surface area contributed by atoms with Gasteiger partial charge in [0.25, 0.3) is 0 Å². The summed E-state index contributed by atoms with van der Waals surface area (Å²) in [6.45, 7) is 2.01. The van der Waals surface area contributed by atoms with Gasteiger partial charge in [0, 0.05) is 30.8 Å². The first kappa shape index (κ1) is 11.3. The van der Waals surface area contributed by atoms with Crippen LogP contribution in [0.1, 0.15) is 35.3 Å². The van der Waals surface area contributed by atoms with E-state index >= 15 is 0 Å². The maximum absolute atomic E-state index is 10.2. The lowest BCUT2D eigenvalue weighted by Crippen LogP contribution is -2.18. The molecule has 0 saturated carbocycles. The maximum atomic E-state index is 10.2. The van der Waals surface area contributed by atoms with Crippen LogP contribution in [0, 0.1) is 6.92 Å². The van der Waals surface area contributed by atoms with E-state index in [2.05, 4.69) is 5.10 Å². The van der Waals surface area contributed by atoms with E-state index in [1.807, 2.05) is 38.4 Å². The third kappa shape index (κ3) is 1.88. The van der Waals surface area contributed by atoms with Crippen molar-refractivity contribution in [2.75, 3.05) is 0 Å². The second-order valence-electron chi connectivity index (χ2n) is 4.85. The van der Waals surface area contributed by atoms with Crippen molar-refractivity contribution < 1.29 is 9.84 Å². The lowest BCUT2D eigenvalue weighted by molar-refractivity contribution is 0.0656. The van der Waals surface area contributed by atoms with E-state index in [-0.39, 0.29) is 6.10 Å². The first-order valence-corrected chi connectivity index (χ1v) is 6.07. The maximum Gasteiger partial charge on any atom is 0.130 e. The molecule has 2 atom stereocenters. The predicted octanol–water partition coefficient (Wildman–Crippen LogP) is 2.29. The summed E-state index contributed by atoms with van der Waals surface area (Å²) in [6.07, 6.45) is 3.69. The Hall–Kier alpha value is -1.81. The normalized spacial score (nSPS) is 22.4. The molecule has 0 spiro atoms. The highest BCUT2D eigenvalue weighted by Crippen LogP contribution is 2.40. The van der Waals surface area contributed by atoms with Gasteiger partial charge in [-0.05, 0) is 19.1 Å². The summed E-state index contributed by atoms with van der Waals surface area (Å²) < 4.78 is 7.69. The SMILES string of the molecule is Cc1ccc2c(c1)C(O)CC(c1cnn(C)c1)O2. The van der Waals surface area contributed by atoms with Gasteiger partial charge in [-0.3, -0.25) is 4.68 Å². The zero-order valence-electron chi connectivity index (χ0n) is 10.5. The zero-order chi connectivity index (χ0) is 12.7. The van der Waals surface area contributed by atoms with Gasteiger partial charge in [-0.1, -0.05) is 11.6 Å². The van der Waals surface area contributed by atoms with E-state index in [9.17, 15) is 5.11 Å². The molecule has 1 aliphatic rings. The Morgan fingerprint density at radius 1 is 1.44 bits per heavy atom. The average molecular weight is 244 g/mol. The molecule has 18 heavy (non-hydrogen) atoms. The number of aromatic nitrogens is 2. The van der Waals surface area contributed by atoms with Crippen molar-refractivity contribution in [2.24, 2.45) is 7.05 Å². The summed E-state index contributed by atoms with van der Waals surface area (Å²) in [5.74, 6) is 0.771. The molecule has 0 bridgehead atoms. The standard InChI is InChI=1S/C14H16N2O2/c1-9-3-4-13-11(5-9)12(17)6-14(18-13)10-7-15-16(2)8-10/h3-5,7-8,12,14,17H,6H2,1-2H3. The quantitative estimate of drug-likeness (QED) is 0.837. The van der Waals surface area contributed by atoms with Gasteiger partial charge in [0.15, 0.2) is 0 Å². The average Bonchev–Trinajstić information content (AvgIpc) is 2.77. The summed E-state index contributed by atoms with van der Waals surface area (Å²) in [5.41, 5.74) is 3.02. The van der Waals surface area contributed by atoms with Gasteiger partial charge in [0.2, 0.25) is 0 Å². The highest BCUT2D eigenvalue weighted by atomic mass is 16.5. The number of nitrogens with zero attached hydrogens (tertiary/aromatic N) is 2. The Labute approximate surface area is 106 Å². The number of aliphatic hydroxyl groups excluding tert-OH is 1. The van der Waals surface area contributed by atoms with Crippen LogP contribution in [0.2, 0.25) is 0 Å². The summed E-state index contributed by atoms with van der Waals surface area (Å²) in [5, 5.41) is 14.4. The molecule has 0 amide bonds. The van der Waals surface area contributed by atoms with E-state index in [1.165, 1.54) is 0 Å². The molecule has 2 aromatic rings. The minimum Gasteiger partial charge on any atom is -0.485 e. The predicted molar refractivity (Wildman–Crippen MR) is 67.3 cm³/mol. The molecule has 0 fully saturated rings. The van der Waals surface area contributed by atoms with Crippen LogP contribution < -0.4 is 4.74 Å². The topological polar surface area (TPSA) is 47.3 Å². The Morgan fingerprint density at radius 2 is 2.28 bits per heavy atom. The van der Waals surface area contributed by atoms with Crippen molar-refractivity contribution in [2.45, 2.75) is 25.6 Å². The second kappa shape index (κ2) is 4.14. The minimum absolute atomic E-state index is 0.121. The fourth-order valence-corrected chi connectivity index (χ4v) is 2.38. The van der Waals surface area contributed by atoms with Crippen LogP contribution >= 0.6 is 0 Å². The first-order valence-electron chi connectivity index (χ1n) is 6.07. The lowest BCUT2D eigenvalue weighted by Gasteiger charge is -2.29. The molecule has 2 heterocycles. The number of aryl methyl sites for hydroxylation is 2. The lowest BCUT2D eigenvalue weighted by atomic mass is 9.95. The Balaban J connectivity index is 1.94. The van der Waals surface area contributed by atoms with Crippen LogP contribution in [-0.4, -0.2) is 14.9 Å². The molecule has 1 aromatic carbocycles. The van der Waals surface area contributed by atoms with Crippen LogP contribution in [0.3, 0.4) is 0 Å². The van der Waals surface area contributed by atoms with Crippen LogP contribution in [0.25, 0.3) is 0 Å². The molecule has 0 saturated heterocycles. The summed E-state index contributed by atoms with van der Waals surface area (Å²) in [6, 6.07) is 5.91. The Bertz CT molecular complexity index is 577. The van der Waals surface area contributed by atoms with Gasteiger partial charge in [-0.25, -0.2) is 0 Å². The van der Waals surface area contributed by atoms with Gasteiger partial charge >= 0.3 is 0 Å². The van der Waals surface area contributed by atoms with Gasteiger partial charge in [0.1, 0.15) is 11.9 Å². The molecular weight excluding hydrogens is 228 g/mol. The molecule has 0 radical (unpaired) electrons. The number of benzene rings is 1. The van der Waals surface area contributed by atoms with E-state index in [4.69, 9.17) is 4.74 Å². The van der Waals surface area contributed by atoms with Gasteiger partial charge in [0.05, 0.1) is 12.3 Å². The summed E-state index contributed by atoms with van der Waals surface area (Å²) >= 11 is 0. The molecule has 1 aliphatic heterocycles. The summed E-state index contributed by atoms with van der Waals surface area (Å²) in [7, 11) is 1.88. The smallest absolute Gasteiger partial charge is 0.130 e. The Morgan fingerprint density at radius 3 is 3.00 bits per heavy atom. The fraction of sp³-hybridized carbons (Fsp3) is 0.357. The molecule has 4 heteroatoms. The highest BCUT2D eigenvalue weighted by molar-refractivity contribution is 5.40. The van der Waals surface area contributed by atoms with Crippen molar-refractivity contribution >= 4 is 0 Å². The van der Waals surface area contributed by atoms with Gasteiger partial charge in [-0.15, -0.1) is 0 Å². The Kier molecular flexibility index (Phi) is 2.59. The molecule has 1 aromatic heterocycles. The zero-order valence-corrected chi connectivity index (χ0v) is 10.5. The molecular formula is C14H16N2O2. The molecule has 3 rings (SSSR count). The van der Waals surface area contributed by atoms with E-state index < -0.39 is 6.10 Å². The number of ether oxygens (including phenoxy) is 1. The van der Waals surface area contributed by atoms with Crippen LogP contribution in [-0.2, 0) is 7.05 Å². The van der Waals surface area contributed by atoms with Crippen LogP contribution in [0.4, 0.5) is 0 Å². The number of aliphatic hydroxyl groups is 1. The van der Waals surface area contributed by atoms with E-state index in [0.717, 1.165) is 22.4 Å². The number of fused-ring (bicyclic) bond motifs is 1. The summed E-state index contributed by atoms with van der Waals surface area (Å²) in [4.78, 5) is 0. The van der Waals surface area contributed by atoms with Crippen molar-refractivity contribution in [1.29, 1.82) is 0 Å². The minimum atomic E-state index is -0.473. The van der Waals surface area contributed by atoms with Crippen molar-refractivity contribution in [1.82, 2.24) is 9.78 Å². The number of hydrogen-bond donors (Lipinski definition) is 1. The third-order valence-electron chi connectivity index (χ3n) is 3.33. The van der Waals surface area contributed by atoms with Gasteiger partial charge in [-0.2, -0.15) is 5.10 Å². The fourth-order valence-electron chi connectivity index (χ4n) is 2.38. The van der Waals surface area contributed by atoms with Crippen LogP contribution in [0.15, 0.2) is 30.6 Å². The largest absolute Gasteiger partial charge is 0.485 e. The highest BCUT2D eigenvalue weighted by Gasteiger charge is 2.28. The molecule has 94 valence electrons. The monoisotopic (exact) mass is 244 g/mol. The van der Waals surface area contributed by atoms with Gasteiger partial charge < -0.3 is 9.84 Å². The molecule has 0 aliphatic carbocycles. The van der Waals surface area contributed by atoms with Crippen molar-refractivity contribution in [3.05, 3.63) is 47.3 Å². The number of hydrogen-bond acceptors (Lipinski definition) is 3. The van der Waals surface area contributed by atoms with Crippen molar-refractivity contribution in [3.8, 4) is 5.75 Å². The second-order valence-corrected chi connectivity index (χ2v) is 4.85. The van der Waals surface area contributed by atoms with E-state index in [1.54, 1.807) is 10.9 Å². The molecule has 4 nitrogen and oxygen atoms in total. The molecule has 2 unspecified atom stereocenters. The third-order valence-corrected chi connectivity index (χ3v) is 3.33. The number of rotatable bonds is 1.